The Morgan fingerprint density at radius 3 is 1.88 bits per heavy atom. The second kappa shape index (κ2) is 15.9. The van der Waals surface area contributed by atoms with E-state index in [1.807, 2.05) is 6.26 Å². The van der Waals surface area contributed by atoms with E-state index in [0.29, 0.717) is 5.75 Å². The summed E-state index contributed by atoms with van der Waals surface area (Å²) in [6.45, 7) is 5.36. The van der Waals surface area contributed by atoms with Gasteiger partial charge in [0.1, 0.15) is 30.7 Å². The second-order valence-electron chi connectivity index (χ2n) is 7.91. The number of aliphatic carboxylic acids is 1. The number of nitrogens with one attached hydrogen (secondary N) is 5. The van der Waals surface area contributed by atoms with E-state index in [1.54, 1.807) is 13.8 Å². The lowest BCUT2D eigenvalue weighted by Crippen LogP contribution is -2.59. The molecule has 0 aliphatic heterocycles. The number of carboxylic acid groups (broad SMARTS) is 1. The lowest BCUT2D eigenvalue weighted by atomic mass is 10.0. The molecule has 0 bridgehead atoms. The summed E-state index contributed by atoms with van der Waals surface area (Å²) in [5.41, 5.74) is 5.19. The molecule has 0 saturated heterocycles. The van der Waals surface area contributed by atoms with Crippen molar-refractivity contribution in [3.8, 4) is 0 Å². The van der Waals surface area contributed by atoms with Crippen molar-refractivity contribution in [3.05, 3.63) is 0 Å². The molecule has 0 radical (unpaired) electrons. The van der Waals surface area contributed by atoms with Crippen molar-refractivity contribution >= 4 is 47.3 Å². The van der Waals surface area contributed by atoms with Crippen LogP contribution in [0.25, 0.3) is 0 Å². The Morgan fingerprint density at radius 2 is 1.38 bits per heavy atom. The number of rotatable bonds is 15. The normalized spacial score (nSPS) is 14.2. The van der Waals surface area contributed by atoms with Gasteiger partial charge in [0.05, 0.1) is 6.54 Å². The minimum atomic E-state index is -1.22. The summed E-state index contributed by atoms with van der Waals surface area (Å²) >= 11 is 1.45. The first kappa shape index (κ1) is 31.1. The summed E-state index contributed by atoms with van der Waals surface area (Å²) in [5, 5.41) is 20.9. The lowest BCUT2D eigenvalue weighted by molar-refractivity contribution is -0.138. The van der Waals surface area contributed by atoms with E-state index < -0.39 is 66.2 Å². The fourth-order valence-electron chi connectivity index (χ4n) is 2.64. The van der Waals surface area contributed by atoms with Gasteiger partial charge in [-0.15, -0.1) is 0 Å². The molecule has 0 aromatic heterocycles. The molecule has 0 aromatic rings. The van der Waals surface area contributed by atoms with Crippen LogP contribution < -0.4 is 32.3 Å². The third-order valence-corrected chi connectivity index (χ3v) is 5.26. The molecule has 4 atom stereocenters. The van der Waals surface area contributed by atoms with E-state index in [-0.39, 0.29) is 18.9 Å². The Labute approximate surface area is 203 Å². The molecule has 0 aliphatic rings. The Balaban J connectivity index is 5.17. The van der Waals surface area contributed by atoms with E-state index in [0.717, 1.165) is 0 Å². The van der Waals surface area contributed by atoms with Crippen LogP contribution in [0.2, 0.25) is 0 Å². The van der Waals surface area contributed by atoms with E-state index in [2.05, 4.69) is 26.6 Å². The summed E-state index contributed by atoms with van der Waals surface area (Å²) in [5.74, 6) is -4.10. The predicted octanol–water partition coefficient (Wildman–Crippen LogP) is -2.47. The summed E-state index contributed by atoms with van der Waals surface area (Å²) in [6.07, 6.45) is 2.08. The van der Waals surface area contributed by atoms with Gasteiger partial charge in [-0.1, -0.05) is 13.8 Å². The molecule has 0 unspecified atom stereocenters. The standard InChI is InChI=1S/C20H36N6O7S/c1-10(2)16(20(33)25-13(6-7-34-5)19(32)22-9-15(28)29)26-18(31)12(4)24-17(30)11(3)23-14(27)8-21/h10-13,16H,6-9,21H2,1-5H3,(H,22,32)(H,23,27)(H,24,30)(H,25,33)(H,26,31)(H,28,29)/t11-,12-,13-,16-/m0/s1. The number of carbonyl (C=O) groups excluding carboxylic acids is 5. The van der Waals surface area contributed by atoms with Crippen molar-refractivity contribution in [3.63, 3.8) is 0 Å². The van der Waals surface area contributed by atoms with Crippen LogP contribution in [-0.2, 0) is 28.8 Å². The topological polar surface area (TPSA) is 209 Å². The van der Waals surface area contributed by atoms with Gasteiger partial charge in [-0.05, 0) is 38.2 Å². The van der Waals surface area contributed by atoms with Gasteiger partial charge in [-0.3, -0.25) is 28.8 Å². The third kappa shape index (κ3) is 11.8. The maximum atomic E-state index is 12.9. The first-order chi connectivity index (χ1) is 15.8. The van der Waals surface area contributed by atoms with Gasteiger partial charge >= 0.3 is 5.97 Å². The number of carboxylic acids is 1. The van der Waals surface area contributed by atoms with E-state index in [1.165, 1.54) is 25.6 Å². The highest BCUT2D eigenvalue weighted by Crippen LogP contribution is 2.06. The van der Waals surface area contributed by atoms with Crippen LogP contribution >= 0.6 is 11.8 Å². The van der Waals surface area contributed by atoms with Gasteiger partial charge < -0.3 is 37.4 Å². The fourth-order valence-corrected chi connectivity index (χ4v) is 3.11. The van der Waals surface area contributed by atoms with Crippen molar-refractivity contribution in [1.29, 1.82) is 0 Å². The smallest absolute Gasteiger partial charge is 0.322 e. The van der Waals surface area contributed by atoms with Crippen LogP contribution in [-0.4, -0.2) is 89.9 Å². The maximum Gasteiger partial charge on any atom is 0.322 e. The van der Waals surface area contributed by atoms with Crippen LogP contribution in [0.5, 0.6) is 0 Å². The zero-order valence-corrected chi connectivity index (χ0v) is 20.9. The predicted molar refractivity (Wildman–Crippen MR) is 127 cm³/mol. The van der Waals surface area contributed by atoms with Gasteiger partial charge in [0.2, 0.25) is 29.5 Å². The van der Waals surface area contributed by atoms with Crippen molar-refractivity contribution < 1.29 is 33.9 Å². The summed E-state index contributed by atoms with van der Waals surface area (Å²) < 4.78 is 0. The van der Waals surface area contributed by atoms with Crippen molar-refractivity contribution in [2.45, 2.75) is 58.3 Å². The minimum Gasteiger partial charge on any atom is -0.480 e. The number of thioether (sulfide) groups is 1. The van der Waals surface area contributed by atoms with Gasteiger partial charge in [0.15, 0.2) is 0 Å². The van der Waals surface area contributed by atoms with Crippen LogP contribution in [0.3, 0.4) is 0 Å². The highest BCUT2D eigenvalue weighted by atomic mass is 32.2. The molecule has 0 spiro atoms. The fraction of sp³-hybridized carbons (Fsp3) is 0.700. The molecule has 0 aromatic carbocycles. The second-order valence-corrected chi connectivity index (χ2v) is 8.89. The van der Waals surface area contributed by atoms with Gasteiger partial charge in [0.25, 0.3) is 0 Å². The van der Waals surface area contributed by atoms with E-state index >= 15 is 0 Å². The first-order valence-electron chi connectivity index (χ1n) is 10.7. The number of amides is 5. The largest absolute Gasteiger partial charge is 0.480 e. The molecule has 0 fully saturated rings. The number of nitrogens with two attached hydrogens (primary N) is 1. The number of carbonyl (C=O) groups is 6. The molecule has 8 N–H and O–H groups in total. The Hall–Kier alpha value is -2.87. The molecule has 5 amide bonds. The number of hydrogen-bond donors (Lipinski definition) is 7. The highest BCUT2D eigenvalue weighted by Gasteiger charge is 2.30. The molecule has 0 heterocycles. The molecular weight excluding hydrogens is 468 g/mol. The van der Waals surface area contributed by atoms with Crippen molar-refractivity contribution in [1.82, 2.24) is 26.6 Å². The number of hydrogen-bond acceptors (Lipinski definition) is 8. The SMILES string of the molecule is CSCC[C@H](NC(=O)[C@@H](NC(=O)[C@H](C)NC(=O)[C@H](C)NC(=O)CN)C(C)C)C(=O)NCC(=O)O. The van der Waals surface area contributed by atoms with Gasteiger partial charge in [-0.25, -0.2) is 0 Å². The summed E-state index contributed by atoms with van der Waals surface area (Å²) in [4.78, 5) is 72.0. The Morgan fingerprint density at radius 1 is 0.824 bits per heavy atom. The molecule has 0 aliphatic carbocycles. The van der Waals surface area contributed by atoms with Crippen molar-refractivity contribution in [2.24, 2.45) is 11.7 Å². The quantitative estimate of drug-likeness (QED) is 0.126. The molecule has 13 nitrogen and oxygen atoms in total. The Bertz CT molecular complexity index is 749. The van der Waals surface area contributed by atoms with Gasteiger partial charge in [-0.2, -0.15) is 11.8 Å². The molecule has 194 valence electrons. The first-order valence-corrected chi connectivity index (χ1v) is 12.1. The van der Waals surface area contributed by atoms with Gasteiger partial charge in [0, 0.05) is 0 Å². The lowest BCUT2D eigenvalue weighted by Gasteiger charge is -2.26. The Kier molecular flexibility index (Phi) is 14.5. The average Bonchev–Trinajstić information content (AvgIpc) is 2.77. The summed E-state index contributed by atoms with van der Waals surface area (Å²) in [6, 6.07) is -3.95. The minimum absolute atomic E-state index is 0.260. The molecule has 0 rings (SSSR count). The zero-order chi connectivity index (χ0) is 26.4. The van der Waals surface area contributed by atoms with E-state index in [9.17, 15) is 28.8 Å². The average molecular weight is 505 g/mol. The molecular formula is C20H36N6O7S. The van der Waals surface area contributed by atoms with Crippen LogP contribution in [0.1, 0.15) is 34.1 Å². The molecule has 34 heavy (non-hydrogen) atoms. The zero-order valence-electron chi connectivity index (χ0n) is 20.1. The monoisotopic (exact) mass is 504 g/mol. The van der Waals surface area contributed by atoms with Crippen LogP contribution in [0.4, 0.5) is 0 Å². The maximum absolute atomic E-state index is 12.9. The highest BCUT2D eigenvalue weighted by molar-refractivity contribution is 7.98. The molecule has 0 saturated carbocycles. The molecule has 14 heteroatoms. The van der Waals surface area contributed by atoms with Crippen LogP contribution in [0, 0.1) is 5.92 Å². The summed E-state index contributed by atoms with van der Waals surface area (Å²) in [7, 11) is 0. The van der Waals surface area contributed by atoms with Crippen LogP contribution in [0.15, 0.2) is 0 Å². The van der Waals surface area contributed by atoms with E-state index in [4.69, 9.17) is 10.8 Å². The van der Waals surface area contributed by atoms with Crippen molar-refractivity contribution in [2.75, 3.05) is 25.1 Å². The third-order valence-electron chi connectivity index (χ3n) is 4.61.